The van der Waals surface area contributed by atoms with Crippen molar-refractivity contribution in [3.8, 4) is 0 Å². The molecule has 150 valence electrons. The van der Waals surface area contributed by atoms with E-state index in [1.165, 1.54) is 24.3 Å². The average molecular weight is 465 g/mol. The molecule has 0 unspecified atom stereocenters. The van der Waals surface area contributed by atoms with Crippen LogP contribution >= 0.6 is 23.2 Å². The summed E-state index contributed by atoms with van der Waals surface area (Å²) in [4.78, 5) is 22.6. The van der Waals surface area contributed by atoms with E-state index in [4.69, 9.17) is 28.9 Å². The highest BCUT2D eigenvalue weighted by molar-refractivity contribution is 8.04. The summed E-state index contributed by atoms with van der Waals surface area (Å²) in [6.45, 7) is 0. The molecule has 0 aromatic heterocycles. The molecule has 28 heavy (non-hydrogen) atoms. The van der Waals surface area contributed by atoms with Crippen molar-refractivity contribution >= 4 is 55.1 Å². The first kappa shape index (κ1) is 22.2. The van der Waals surface area contributed by atoms with Gasteiger partial charge in [-0.15, -0.1) is 3.71 Å². The van der Waals surface area contributed by atoms with Crippen molar-refractivity contribution in [2.75, 3.05) is 0 Å². The lowest BCUT2D eigenvalue weighted by atomic mass is 10.3. The van der Waals surface area contributed by atoms with Gasteiger partial charge in [-0.25, -0.2) is 0 Å². The molecule has 0 atom stereocenters. The van der Waals surface area contributed by atoms with Gasteiger partial charge >= 0.3 is 0 Å². The molecule has 0 spiro atoms. The number of carbonyl (C=O) groups excluding carboxylic acids is 2. The largest absolute Gasteiger partial charge is 0.370 e. The summed E-state index contributed by atoms with van der Waals surface area (Å²) in [6, 6.07) is 9.16. The maximum atomic E-state index is 13.0. The number of rotatable bonds is 7. The Morgan fingerprint density at radius 2 is 1.11 bits per heavy atom. The van der Waals surface area contributed by atoms with Crippen molar-refractivity contribution in [1.29, 1.82) is 0 Å². The number of hydrogen-bond donors (Lipinski definition) is 1. The number of hydrogen-bond acceptors (Lipinski definition) is 6. The van der Waals surface area contributed by atoms with E-state index >= 15 is 0 Å². The lowest BCUT2D eigenvalue weighted by Gasteiger charge is -2.22. The Labute approximate surface area is 171 Å². The van der Waals surface area contributed by atoms with Crippen molar-refractivity contribution < 1.29 is 26.4 Å². The molecule has 0 fully saturated rings. The number of amides is 2. The van der Waals surface area contributed by atoms with E-state index in [-0.39, 0.29) is 13.8 Å². The third-order valence-corrected chi connectivity index (χ3v) is 8.15. The second kappa shape index (κ2) is 8.48. The van der Waals surface area contributed by atoms with Gasteiger partial charge in [0, 0.05) is 22.9 Å². The van der Waals surface area contributed by atoms with Gasteiger partial charge in [0.1, 0.15) is 0 Å². The van der Waals surface area contributed by atoms with Gasteiger partial charge in [-0.3, -0.25) is 9.59 Å². The number of sulfonamides is 2. The van der Waals surface area contributed by atoms with Gasteiger partial charge in [0.15, 0.2) is 0 Å². The van der Waals surface area contributed by atoms with E-state index < -0.39 is 54.5 Å². The minimum Gasteiger partial charge on any atom is -0.370 e. The third kappa shape index (κ3) is 4.82. The van der Waals surface area contributed by atoms with Gasteiger partial charge in [-0.1, -0.05) is 23.2 Å². The maximum Gasteiger partial charge on any atom is 0.280 e. The second-order valence-electron chi connectivity index (χ2n) is 5.48. The summed E-state index contributed by atoms with van der Waals surface area (Å²) in [5.74, 6) is -2.22. The Balaban J connectivity index is 2.62. The average Bonchev–Trinajstić information content (AvgIpc) is 2.60. The van der Waals surface area contributed by atoms with Gasteiger partial charge in [-0.05, 0) is 48.5 Å². The molecule has 0 aliphatic heterocycles. The van der Waals surface area contributed by atoms with Crippen LogP contribution in [0, 0.1) is 0 Å². The zero-order valence-corrected chi connectivity index (χ0v) is 17.2. The Morgan fingerprint density at radius 1 is 0.750 bits per heavy atom. The van der Waals surface area contributed by atoms with E-state index in [9.17, 15) is 26.4 Å². The van der Waals surface area contributed by atoms with Crippen molar-refractivity contribution in [2.45, 2.75) is 22.6 Å². The maximum absolute atomic E-state index is 13.0. The van der Waals surface area contributed by atoms with Crippen LogP contribution in [0.3, 0.4) is 0 Å². The normalized spacial score (nSPS) is 11.8. The van der Waals surface area contributed by atoms with E-state index in [0.717, 1.165) is 24.3 Å². The molecular weight excluding hydrogens is 451 g/mol. The van der Waals surface area contributed by atoms with Crippen molar-refractivity contribution in [1.82, 2.24) is 3.71 Å². The molecule has 2 aromatic rings. The molecule has 0 saturated carbocycles. The fourth-order valence-corrected chi connectivity index (χ4v) is 5.99. The summed E-state index contributed by atoms with van der Waals surface area (Å²) in [7, 11) is -9.66. The molecule has 0 bridgehead atoms. The molecule has 2 amide bonds. The van der Waals surface area contributed by atoms with Gasteiger partial charge < -0.3 is 5.73 Å². The van der Waals surface area contributed by atoms with Crippen LogP contribution in [0.5, 0.6) is 0 Å². The van der Waals surface area contributed by atoms with Crippen LogP contribution in [0.4, 0.5) is 0 Å². The molecule has 0 heterocycles. The Bertz CT molecular complexity index is 1020. The van der Waals surface area contributed by atoms with Gasteiger partial charge in [0.25, 0.3) is 26.0 Å². The molecule has 0 aliphatic rings. The van der Waals surface area contributed by atoms with Crippen molar-refractivity contribution in [3.05, 3.63) is 58.6 Å². The number of halogens is 2. The minimum atomic E-state index is -4.83. The van der Waals surface area contributed by atoms with Crippen LogP contribution < -0.4 is 5.73 Å². The molecule has 0 aliphatic carbocycles. The van der Waals surface area contributed by atoms with Crippen molar-refractivity contribution in [3.63, 3.8) is 0 Å². The summed E-state index contributed by atoms with van der Waals surface area (Å²) < 4.78 is 51.6. The molecule has 2 rings (SSSR count). The standard InChI is InChI=1S/C16H14Cl2N2O6S2/c17-11-1-5-13(6-2-11)27(23,24)20(16(22)10-9-15(19)21)28(25,26)14-7-3-12(18)4-8-14/h1-8H,9-10H2,(H2,19,21). The smallest absolute Gasteiger partial charge is 0.280 e. The predicted molar refractivity (Wildman–Crippen MR) is 103 cm³/mol. The quantitative estimate of drug-likeness (QED) is 0.667. The number of nitrogens with two attached hydrogens (primary N) is 1. The monoisotopic (exact) mass is 464 g/mol. The van der Waals surface area contributed by atoms with E-state index in [1.54, 1.807) is 0 Å². The SMILES string of the molecule is NC(=O)CCC(=O)N(S(=O)(=O)c1ccc(Cl)cc1)S(=O)(=O)c1ccc(Cl)cc1. The molecule has 2 N–H and O–H groups in total. The highest BCUT2D eigenvalue weighted by atomic mass is 35.5. The van der Waals surface area contributed by atoms with Crippen LogP contribution in [0.15, 0.2) is 58.3 Å². The van der Waals surface area contributed by atoms with Crippen LogP contribution in [-0.4, -0.2) is 32.4 Å². The lowest BCUT2D eigenvalue weighted by molar-refractivity contribution is -0.126. The molecule has 0 radical (unpaired) electrons. The first-order valence-corrected chi connectivity index (χ1v) is 11.2. The lowest BCUT2D eigenvalue weighted by Crippen LogP contribution is -2.42. The van der Waals surface area contributed by atoms with Crippen LogP contribution in [0.1, 0.15) is 12.8 Å². The molecule has 0 saturated heterocycles. The summed E-state index contributed by atoms with van der Waals surface area (Å²) in [5, 5.41) is 0.428. The zero-order chi connectivity index (χ0) is 21.1. The molecule has 8 nitrogen and oxygen atoms in total. The zero-order valence-electron chi connectivity index (χ0n) is 14.1. The Hall–Kier alpha value is -2.14. The van der Waals surface area contributed by atoms with Crippen LogP contribution in [0.2, 0.25) is 10.0 Å². The van der Waals surface area contributed by atoms with Crippen molar-refractivity contribution in [2.24, 2.45) is 5.73 Å². The minimum absolute atomic E-state index is 0.214. The van der Waals surface area contributed by atoms with Gasteiger partial charge in [0.05, 0.1) is 9.79 Å². The van der Waals surface area contributed by atoms with Crippen LogP contribution in [-0.2, 0) is 29.6 Å². The fourth-order valence-electron chi connectivity index (χ4n) is 2.12. The first-order chi connectivity index (χ1) is 13.0. The molecule has 2 aromatic carbocycles. The number of carbonyl (C=O) groups is 2. The van der Waals surface area contributed by atoms with E-state index in [1.807, 2.05) is 0 Å². The van der Waals surface area contributed by atoms with E-state index in [0.29, 0.717) is 0 Å². The molecule has 12 heteroatoms. The van der Waals surface area contributed by atoms with Crippen LogP contribution in [0.25, 0.3) is 0 Å². The summed E-state index contributed by atoms with van der Waals surface area (Å²) in [6.07, 6.45) is -1.24. The number of primary amides is 1. The molecular formula is C16H14Cl2N2O6S2. The fraction of sp³-hybridized carbons (Fsp3) is 0.125. The van der Waals surface area contributed by atoms with E-state index in [2.05, 4.69) is 0 Å². The second-order valence-corrected chi connectivity index (χ2v) is 10.2. The predicted octanol–water partition coefficient (Wildman–Crippen LogP) is 2.17. The summed E-state index contributed by atoms with van der Waals surface area (Å²) >= 11 is 11.5. The first-order valence-electron chi connectivity index (χ1n) is 7.59. The third-order valence-electron chi connectivity index (χ3n) is 3.45. The Morgan fingerprint density at radius 3 is 1.43 bits per heavy atom. The number of nitrogens with zero attached hydrogens (tertiary/aromatic N) is 1. The summed E-state index contributed by atoms with van der Waals surface area (Å²) in [5.41, 5.74) is 4.98. The Kier molecular flexibility index (Phi) is 6.71. The number of benzene rings is 2. The van der Waals surface area contributed by atoms with Gasteiger partial charge in [-0.2, -0.15) is 16.8 Å². The highest BCUT2D eigenvalue weighted by Crippen LogP contribution is 2.27. The highest BCUT2D eigenvalue weighted by Gasteiger charge is 2.40. The topological polar surface area (TPSA) is 132 Å². The van der Waals surface area contributed by atoms with Gasteiger partial charge in [0.2, 0.25) is 5.91 Å².